The Morgan fingerprint density at radius 2 is 1.79 bits per heavy atom. The lowest BCUT2D eigenvalue weighted by molar-refractivity contribution is 0.215. The summed E-state index contributed by atoms with van der Waals surface area (Å²) in [4.78, 5) is 14.2. The molecule has 1 aliphatic heterocycles. The SMILES string of the molecule is CC1CCC(NC(=O)NCCN2CCCCC2)CC1. The van der Waals surface area contributed by atoms with E-state index in [4.69, 9.17) is 0 Å². The van der Waals surface area contributed by atoms with Crippen LogP contribution in [-0.2, 0) is 0 Å². The van der Waals surface area contributed by atoms with Crippen molar-refractivity contribution in [2.45, 2.75) is 57.9 Å². The van der Waals surface area contributed by atoms with E-state index in [0.29, 0.717) is 6.04 Å². The summed E-state index contributed by atoms with van der Waals surface area (Å²) in [5, 5.41) is 6.11. The first-order chi connectivity index (χ1) is 9.24. The second-order valence-corrected chi connectivity index (χ2v) is 6.26. The number of likely N-dealkylation sites (tertiary alicyclic amines) is 1. The summed E-state index contributed by atoms with van der Waals surface area (Å²) in [6.07, 6.45) is 8.77. The van der Waals surface area contributed by atoms with E-state index in [9.17, 15) is 4.79 Å². The maximum atomic E-state index is 11.8. The van der Waals surface area contributed by atoms with E-state index in [0.717, 1.165) is 31.8 Å². The third kappa shape index (κ3) is 5.39. The zero-order chi connectivity index (χ0) is 13.5. The molecule has 0 spiro atoms. The number of carbonyl (C=O) groups excluding carboxylic acids is 1. The molecule has 1 aliphatic carbocycles. The highest BCUT2D eigenvalue weighted by molar-refractivity contribution is 5.74. The average molecular weight is 267 g/mol. The van der Waals surface area contributed by atoms with Gasteiger partial charge in [0.25, 0.3) is 0 Å². The third-order valence-electron chi connectivity index (χ3n) is 4.51. The van der Waals surface area contributed by atoms with Gasteiger partial charge in [-0.1, -0.05) is 13.3 Å². The minimum Gasteiger partial charge on any atom is -0.337 e. The Labute approximate surface area is 117 Å². The fourth-order valence-electron chi connectivity index (χ4n) is 3.15. The molecule has 1 heterocycles. The molecule has 19 heavy (non-hydrogen) atoms. The molecule has 2 amide bonds. The van der Waals surface area contributed by atoms with Gasteiger partial charge in [-0.2, -0.15) is 0 Å². The van der Waals surface area contributed by atoms with Gasteiger partial charge in [0.05, 0.1) is 0 Å². The van der Waals surface area contributed by atoms with E-state index in [1.165, 1.54) is 45.2 Å². The van der Waals surface area contributed by atoms with Crippen LogP contribution in [0.3, 0.4) is 0 Å². The number of rotatable bonds is 4. The first kappa shape index (κ1) is 14.6. The molecule has 1 saturated heterocycles. The molecule has 2 aliphatic rings. The molecule has 1 saturated carbocycles. The predicted octanol–water partition coefficient (Wildman–Crippen LogP) is 2.35. The summed E-state index contributed by atoms with van der Waals surface area (Å²) < 4.78 is 0. The van der Waals surface area contributed by atoms with E-state index < -0.39 is 0 Å². The largest absolute Gasteiger partial charge is 0.337 e. The summed E-state index contributed by atoms with van der Waals surface area (Å²) in [5.74, 6) is 0.834. The Balaban J connectivity index is 1.54. The van der Waals surface area contributed by atoms with Crippen LogP contribution in [0, 0.1) is 5.92 Å². The minimum absolute atomic E-state index is 0.0246. The van der Waals surface area contributed by atoms with Crippen LogP contribution in [0.15, 0.2) is 0 Å². The van der Waals surface area contributed by atoms with Crippen molar-refractivity contribution in [3.8, 4) is 0 Å². The Bertz CT molecular complexity index is 269. The Morgan fingerprint density at radius 3 is 2.47 bits per heavy atom. The van der Waals surface area contributed by atoms with Gasteiger partial charge in [0.15, 0.2) is 0 Å². The van der Waals surface area contributed by atoms with Gasteiger partial charge in [-0.15, -0.1) is 0 Å². The van der Waals surface area contributed by atoms with Crippen LogP contribution < -0.4 is 10.6 Å². The van der Waals surface area contributed by atoms with Gasteiger partial charge in [-0.25, -0.2) is 4.79 Å². The fraction of sp³-hybridized carbons (Fsp3) is 0.933. The lowest BCUT2D eigenvalue weighted by Gasteiger charge is -2.28. The number of hydrogen-bond acceptors (Lipinski definition) is 2. The Morgan fingerprint density at radius 1 is 1.11 bits per heavy atom. The van der Waals surface area contributed by atoms with Crippen molar-refractivity contribution in [2.75, 3.05) is 26.2 Å². The van der Waals surface area contributed by atoms with Gasteiger partial charge in [-0.3, -0.25) is 0 Å². The van der Waals surface area contributed by atoms with Gasteiger partial charge in [0, 0.05) is 19.1 Å². The van der Waals surface area contributed by atoms with Crippen LogP contribution in [0.4, 0.5) is 4.79 Å². The minimum atomic E-state index is 0.0246. The average Bonchev–Trinajstić information content (AvgIpc) is 2.43. The second kappa shape index (κ2) is 7.73. The standard InChI is InChI=1S/C15H29N3O/c1-13-5-7-14(8-6-13)17-15(19)16-9-12-18-10-3-2-4-11-18/h13-14H,2-12H2,1H3,(H2,16,17,19). The van der Waals surface area contributed by atoms with Crippen LogP contribution in [0.2, 0.25) is 0 Å². The molecule has 0 atom stereocenters. The van der Waals surface area contributed by atoms with E-state index in [1.807, 2.05) is 0 Å². The highest BCUT2D eigenvalue weighted by atomic mass is 16.2. The molecular formula is C15H29N3O. The zero-order valence-corrected chi connectivity index (χ0v) is 12.3. The van der Waals surface area contributed by atoms with Crippen molar-refractivity contribution in [2.24, 2.45) is 5.92 Å². The molecule has 0 aromatic rings. The van der Waals surface area contributed by atoms with Crippen LogP contribution >= 0.6 is 0 Å². The number of nitrogens with zero attached hydrogens (tertiary/aromatic N) is 1. The fourth-order valence-corrected chi connectivity index (χ4v) is 3.15. The molecule has 4 nitrogen and oxygen atoms in total. The van der Waals surface area contributed by atoms with Crippen molar-refractivity contribution >= 4 is 6.03 Å². The van der Waals surface area contributed by atoms with Gasteiger partial charge in [0.1, 0.15) is 0 Å². The smallest absolute Gasteiger partial charge is 0.315 e. The highest BCUT2D eigenvalue weighted by Crippen LogP contribution is 2.23. The first-order valence-electron chi connectivity index (χ1n) is 8.01. The molecule has 0 radical (unpaired) electrons. The van der Waals surface area contributed by atoms with Crippen LogP contribution in [0.25, 0.3) is 0 Å². The molecule has 0 aromatic carbocycles. The zero-order valence-electron chi connectivity index (χ0n) is 12.3. The Hall–Kier alpha value is -0.770. The summed E-state index contributed by atoms with van der Waals surface area (Å²) in [6, 6.07) is 0.419. The van der Waals surface area contributed by atoms with Crippen LogP contribution in [-0.4, -0.2) is 43.2 Å². The van der Waals surface area contributed by atoms with E-state index in [1.54, 1.807) is 0 Å². The summed E-state index contributed by atoms with van der Waals surface area (Å²) in [6.45, 7) is 6.46. The summed E-state index contributed by atoms with van der Waals surface area (Å²) in [7, 11) is 0. The Kier molecular flexibility index (Phi) is 5.95. The molecule has 110 valence electrons. The van der Waals surface area contributed by atoms with E-state index in [-0.39, 0.29) is 6.03 Å². The van der Waals surface area contributed by atoms with Gasteiger partial charge in [0.2, 0.25) is 0 Å². The number of nitrogens with one attached hydrogen (secondary N) is 2. The van der Waals surface area contributed by atoms with Gasteiger partial charge < -0.3 is 15.5 Å². The van der Waals surface area contributed by atoms with Gasteiger partial charge >= 0.3 is 6.03 Å². The lowest BCUT2D eigenvalue weighted by Crippen LogP contribution is -2.46. The van der Waals surface area contributed by atoms with E-state index in [2.05, 4.69) is 22.5 Å². The number of amides is 2. The normalized spacial score (nSPS) is 28.9. The first-order valence-corrected chi connectivity index (χ1v) is 8.01. The third-order valence-corrected chi connectivity index (χ3v) is 4.51. The number of piperidine rings is 1. The number of hydrogen-bond donors (Lipinski definition) is 2. The lowest BCUT2D eigenvalue weighted by atomic mass is 9.87. The monoisotopic (exact) mass is 267 g/mol. The van der Waals surface area contributed by atoms with E-state index >= 15 is 0 Å². The predicted molar refractivity (Wildman–Crippen MR) is 78.2 cm³/mol. The van der Waals surface area contributed by atoms with Crippen molar-refractivity contribution in [3.63, 3.8) is 0 Å². The molecule has 2 N–H and O–H groups in total. The van der Waals surface area contributed by atoms with Crippen LogP contribution in [0.1, 0.15) is 51.9 Å². The van der Waals surface area contributed by atoms with Crippen LogP contribution in [0.5, 0.6) is 0 Å². The van der Waals surface area contributed by atoms with Crippen molar-refractivity contribution in [3.05, 3.63) is 0 Å². The molecule has 0 bridgehead atoms. The number of carbonyl (C=O) groups is 1. The molecule has 4 heteroatoms. The van der Waals surface area contributed by atoms with Gasteiger partial charge in [-0.05, 0) is 57.5 Å². The number of urea groups is 1. The molecule has 0 aromatic heterocycles. The van der Waals surface area contributed by atoms with Crippen molar-refractivity contribution in [1.82, 2.24) is 15.5 Å². The van der Waals surface area contributed by atoms with Crippen molar-refractivity contribution in [1.29, 1.82) is 0 Å². The quantitative estimate of drug-likeness (QED) is 0.821. The molecule has 0 unspecified atom stereocenters. The maximum absolute atomic E-state index is 11.8. The topological polar surface area (TPSA) is 44.4 Å². The summed E-state index contributed by atoms with van der Waals surface area (Å²) >= 11 is 0. The molecular weight excluding hydrogens is 238 g/mol. The molecule has 2 rings (SSSR count). The second-order valence-electron chi connectivity index (χ2n) is 6.26. The van der Waals surface area contributed by atoms with Crippen molar-refractivity contribution < 1.29 is 4.79 Å². The highest BCUT2D eigenvalue weighted by Gasteiger charge is 2.19. The molecule has 2 fully saturated rings. The maximum Gasteiger partial charge on any atom is 0.315 e. The summed E-state index contributed by atoms with van der Waals surface area (Å²) in [5.41, 5.74) is 0.